The van der Waals surface area contributed by atoms with Crippen molar-refractivity contribution >= 4 is 54.3 Å². The molecule has 1 nitrogen and oxygen atoms in total. The number of benzene rings is 9. The average Bonchev–Trinajstić information content (AvgIpc) is 3.63. The number of rotatable bonds is 4. The van der Waals surface area contributed by atoms with Gasteiger partial charge in [0.15, 0.2) is 0 Å². The number of furan rings is 1. The van der Waals surface area contributed by atoms with Crippen molar-refractivity contribution in [3.8, 4) is 44.5 Å². The molecule has 228 valence electrons. The molecule has 0 N–H and O–H groups in total. The summed E-state index contributed by atoms with van der Waals surface area (Å²) in [6.07, 6.45) is 0. The van der Waals surface area contributed by atoms with Gasteiger partial charge in [-0.25, -0.2) is 0 Å². The number of hydrogen-bond donors (Lipinski definition) is 0. The van der Waals surface area contributed by atoms with Gasteiger partial charge in [-0.15, -0.1) is 0 Å². The third kappa shape index (κ3) is 4.40. The Labute approximate surface area is 297 Å². The van der Waals surface area contributed by atoms with E-state index in [0.29, 0.717) is 49.8 Å². The molecule has 0 radical (unpaired) electrons. The summed E-state index contributed by atoms with van der Waals surface area (Å²) < 4.78 is 85.5. The van der Waals surface area contributed by atoms with Gasteiger partial charge >= 0.3 is 0 Å². The number of fused-ring (bicyclic) bond motifs is 6. The molecule has 0 aliphatic rings. The van der Waals surface area contributed by atoms with Gasteiger partial charge in [-0.1, -0.05) is 158 Å². The summed E-state index contributed by atoms with van der Waals surface area (Å²) in [5.74, 6) is 0. The van der Waals surface area contributed by atoms with E-state index in [2.05, 4.69) is 42.5 Å². The highest BCUT2D eigenvalue weighted by atomic mass is 16.3. The van der Waals surface area contributed by atoms with Crippen LogP contribution in [0.5, 0.6) is 0 Å². The first kappa shape index (κ1) is 20.0. The molecule has 0 saturated carbocycles. The molecule has 0 spiro atoms. The van der Waals surface area contributed by atoms with Gasteiger partial charge in [-0.2, -0.15) is 0 Å². The SMILES string of the molecule is [2H]c1c([2H])c([2H])c(-c2cccc3oc4ccc(-c5c([2H])c([2H])c([2H])c([2H])c5-c5c6ccccc6c(-c6ccc7ccccc7c6)c6ccccc56)cc4c23)c([2H])c1[2H]. The Bertz CT molecular complexity index is 3320. The Balaban J connectivity index is 1.30. The zero-order valence-electron chi connectivity index (χ0n) is 35.0. The van der Waals surface area contributed by atoms with Gasteiger partial charge in [0.05, 0.1) is 12.3 Å². The van der Waals surface area contributed by atoms with Gasteiger partial charge in [0.25, 0.3) is 0 Å². The Morgan fingerprint density at radius 2 is 1.00 bits per heavy atom. The fourth-order valence-electron chi connectivity index (χ4n) is 7.35. The standard InChI is InChI=1S/C48H30O/c1-2-14-32(15-3-1)37-23-12-24-45-48(37)43-30-34(27-28-44(43)49-45)36-17-6-7-18-38(36)47-41-21-10-8-19-39(41)46(40-20-9-11-22-42(40)47)35-26-25-31-13-4-5-16-33(31)29-35/h1-30H/i1D,2D,3D,6D,7D,14D,15D,17D,18D. The van der Waals surface area contributed by atoms with Crippen molar-refractivity contribution in [3.63, 3.8) is 0 Å². The van der Waals surface area contributed by atoms with Crippen LogP contribution >= 0.6 is 0 Å². The molecular formula is C48H30O. The minimum Gasteiger partial charge on any atom is -0.456 e. The average molecular weight is 632 g/mol. The highest BCUT2D eigenvalue weighted by molar-refractivity contribution is 6.23. The molecule has 0 amide bonds. The van der Waals surface area contributed by atoms with E-state index in [9.17, 15) is 2.74 Å². The van der Waals surface area contributed by atoms with E-state index >= 15 is 0 Å². The summed E-state index contributed by atoms with van der Waals surface area (Å²) in [5.41, 5.74) is 5.21. The molecule has 10 rings (SSSR count). The molecule has 0 aliphatic carbocycles. The molecule has 9 aromatic carbocycles. The van der Waals surface area contributed by atoms with E-state index in [1.807, 2.05) is 54.6 Å². The molecule has 0 fully saturated rings. The molecule has 0 atom stereocenters. The van der Waals surface area contributed by atoms with Crippen LogP contribution in [0.1, 0.15) is 12.3 Å². The first-order valence-corrected chi connectivity index (χ1v) is 16.1. The lowest BCUT2D eigenvalue weighted by atomic mass is 9.83. The first-order chi connectivity index (χ1) is 28.0. The maximum atomic E-state index is 9.53. The minimum absolute atomic E-state index is 0.0384. The maximum Gasteiger partial charge on any atom is 0.136 e. The Morgan fingerprint density at radius 1 is 0.367 bits per heavy atom. The summed E-state index contributed by atoms with van der Waals surface area (Å²) in [4.78, 5) is 0. The second kappa shape index (κ2) is 11.1. The van der Waals surface area contributed by atoms with Crippen LogP contribution in [0.2, 0.25) is 0 Å². The second-order valence-corrected chi connectivity index (χ2v) is 12.1. The van der Waals surface area contributed by atoms with Gasteiger partial charge in [0.2, 0.25) is 0 Å². The molecule has 0 aliphatic heterocycles. The lowest BCUT2D eigenvalue weighted by Gasteiger charge is -2.20. The van der Waals surface area contributed by atoms with Crippen molar-refractivity contribution in [3.05, 3.63) is 182 Å². The third-order valence-corrected chi connectivity index (χ3v) is 9.46. The molecule has 49 heavy (non-hydrogen) atoms. The van der Waals surface area contributed by atoms with Crippen LogP contribution in [0.15, 0.2) is 186 Å². The van der Waals surface area contributed by atoms with Crippen molar-refractivity contribution in [1.29, 1.82) is 0 Å². The van der Waals surface area contributed by atoms with Gasteiger partial charge in [-0.05, 0) is 101 Å². The Morgan fingerprint density at radius 3 is 1.76 bits per heavy atom. The first-order valence-electron chi connectivity index (χ1n) is 20.6. The van der Waals surface area contributed by atoms with Crippen molar-refractivity contribution in [1.82, 2.24) is 0 Å². The van der Waals surface area contributed by atoms with E-state index in [4.69, 9.17) is 14.0 Å². The molecule has 0 unspecified atom stereocenters. The van der Waals surface area contributed by atoms with Crippen LogP contribution in [-0.2, 0) is 0 Å². The largest absolute Gasteiger partial charge is 0.456 e. The molecule has 1 heteroatoms. The van der Waals surface area contributed by atoms with Crippen LogP contribution in [-0.4, -0.2) is 0 Å². The highest BCUT2D eigenvalue weighted by Crippen LogP contribution is 2.47. The topological polar surface area (TPSA) is 13.1 Å². The van der Waals surface area contributed by atoms with Crippen molar-refractivity contribution in [2.45, 2.75) is 0 Å². The fraction of sp³-hybridized carbons (Fsp3) is 0. The van der Waals surface area contributed by atoms with E-state index < -0.39 is 18.1 Å². The maximum absolute atomic E-state index is 9.53. The zero-order chi connectivity index (χ0) is 40.1. The summed E-state index contributed by atoms with van der Waals surface area (Å²) in [6, 6.07) is 38.0. The predicted molar refractivity (Wildman–Crippen MR) is 208 cm³/mol. The molecule has 1 aromatic heterocycles. The van der Waals surface area contributed by atoms with Crippen molar-refractivity contribution < 1.29 is 16.8 Å². The zero-order valence-corrected chi connectivity index (χ0v) is 26.0. The van der Waals surface area contributed by atoms with Crippen molar-refractivity contribution in [2.75, 3.05) is 0 Å². The van der Waals surface area contributed by atoms with E-state index in [-0.39, 0.29) is 41.8 Å². The lowest BCUT2D eigenvalue weighted by Crippen LogP contribution is -1.92. The van der Waals surface area contributed by atoms with Gasteiger partial charge in [0, 0.05) is 10.8 Å². The van der Waals surface area contributed by atoms with Crippen LogP contribution in [0.25, 0.3) is 98.8 Å². The molecule has 10 aromatic rings. The quantitative estimate of drug-likeness (QED) is 0.176. The van der Waals surface area contributed by atoms with Gasteiger partial charge < -0.3 is 4.42 Å². The molecular weight excluding hydrogens is 593 g/mol. The normalized spacial score (nSPS) is 14.2. The van der Waals surface area contributed by atoms with E-state index in [0.717, 1.165) is 43.4 Å². The van der Waals surface area contributed by atoms with Crippen LogP contribution in [0.4, 0.5) is 0 Å². The third-order valence-electron chi connectivity index (χ3n) is 9.46. The smallest absolute Gasteiger partial charge is 0.136 e. The molecule has 1 heterocycles. The summed E-state index contributed by atoms with van der Waals surface area (Å²) >= 11 is 0. The molecule has 0 saturated heterocycles. The lowest BCUT2D eigenvalue weighted by molar-refractivity contribution is 0.669. The van der Waals surface area contributed by atoms with Gasteiger partial charge in [-0.3, -0.25) is 0 Å². The number of hydrogen-bond acceptors (Lipinski definition) is 1. The highest BCUT2D eigenvalue weighted by Gasteiger charge is 2.20. The van der Waals surface area contributed by atoms with Crippen LogP contribution in [0, 0.1) is 0 Å². The summed E-state index contributed by atoms with van der Waals surface area (Å²) in [6.45, 7) is 0. The van der Waals surface area contributed by atoms with Crippen LogP contribution in [0.3, 0.4) is 0 Å². The van der Waals surface area contributed by atoms with Crippen molar-refractivity contribution in [2.24, 2.45) is 0 Å². The van der Waals surface area contributed by atoms with Crippen LogP contribution < -0.4 is 0 Å². The Hall–Kier alpha value is -6.44. The van der Waals surface area contributed by atoms with E-state index in [1.54, 1.807) is 30.3 Å². The minimum atomic E-state index is -0.485. The summed E-state index contributed by atoms with van der Waals surface area (Å²) in [7, 11) is 0. The predicted octanol–water partition coefficient (Wildman–Crippen LogP) is 13.7. The van der Waals surface area contributed by atoms with E-state index in [1.165, 1.54) is 0 Å². The Kier molecular flexibility index (Phi) is 4.53. The van der Waals surface area contributed by atoms with Gasteiger partial charge in [0.1, 0.15) is 11.2 Å². The monoisotopic (exact) mass is 631 g/mol. The fourth-order valence-corrected chi connectivity index (χ4v) is 7.35. The second-order valence-electron chi connectivity index (χ2n) is 12.1. The molecule has 0 bridgehead atoms. The summed E-state index contributed by atoms with van der Waals surface area (Å²) in [5, 5.41) is 6.85.